The van der Waals surface area contributed by atoms with Crippen LogP contribution in [-0.4, -0.2) is 47.6 Å². The van der Waals surface area contributed by atoms with Gasteiger partial charge in [-0.05, 0) is 43.7 Å². The molecule has 0 spiro atoms. The van der Waals surface area contributed by atoms with E-state index in [-0.39, 0.29) is 5.92 Å². The standard InChI is InChI=1S/C20H32N4O4/c1-13(2)17(20(27)28)24-19(26)16(10-6-7-11-21)23-18(25)15(22)12-14-8-4-3-5-9-14/h3-5,8-9,13,15-17H,6-7,10-12,21-22H2,1-2H3,(H,23,25)(H,24,26)(H,27,28). The van der Waals surface area contributed by atoms with Gasteiger partial charge in [-0.1, -0.05) is 44.2 Å². The molecule has 1 rings (SSSR count). The number of rotatable bonds is 12. The third-order valence-corrected chi connectivity index (χ3v) is 4.45. The normalized spacial score (nSPS) is 14.2. The molecule has 8 heteroatoms. The molecule has 3 atom stereocenters. The highest BCUT2D eigenvalue weighted by Gasteiger charge is 2.29. The Morgan fingerprint density at radius 3 is 2.21 bits per heavy atom. The van der Waals surface area contributed by atoms with Crippen molar-refractivity contribution in [3.63, 3.8) is 0 Å². The van der Waals surface area contributed by atoms with Crippen LogP contribution in [0.1, 0.15) is 38.7 Å². The molecule has 0 aromatic heterocycles. The lowest BCUT2D eigenvalue weighted by molar-refractivity contribution is -0.143. The van der Waals surface area contributed by atoms with Gasteiger partial charge in [0.2, 0.25) is 11.8 Å². The van der Waals surface area contributed by atoms with E-state index in [1.54, 1.807) is 13.8 Å². The van der Waals surface area contributed by atoms with Crippen LogP contribution in [0.2, 0.25) is 0 Å². The molecule has 2 amide bonds. The van der Waals surface area contributed by atoms with E-state index in [1.165, 1.54) is 0 Å². The van der Waals surface area contributed by atoms with Crippen LogP contribution in [0.4, 0.5) is 0 Å². The van der Waals surface area contributed by atoms with Crippen molar-refractivity contribution in [1.29, 1.82) is 0 Å². The van der Waals surface area contributed by atoms with Crippen LogP contribution >= 0.6 is 0 Å². The summed E-state index contributed by atoms with van der Waals surface area (Å²) in [5.41, 5.74) is 12.4. The van der Waals surface area contributed by atoms with Crippen molar-refractivity contribution >= 4 is 17.8 Å². The largest absolute Gasteiger partial charge is 0.480 e. The Balaban J connectivity index is 2.77. The van der Waals surface area contributed by atoms with Crippen LogP contribution < -0.4 is 22.1 Å². The number of hydrogen-bond donors (Lipinski definition) is 5. The van der Waals surface area contributed by atoms with Crippen molar-refractivity contribution < 1.29 is 19.5 Å². The Morgan fingerprint density at radius 2 is 1.68 bits per heavy atom. The molecule has 7 N–H and O–H groups in total. The number of carboxylic acid groups (broad SMARTS) is 1. The van der Waals surface area contributed by atoms with E-state index in [1.807, 2.05) is 30.3 Å². The number of aliphatic carboxylic acids is 1. The summed E-state index contributed by atoms with van der Waals surface area (Å²) in [6.45, 7) is 3.88. The van der Waals surface area contributed by atoms with Crippen LogP contribution in [0, 0.1) is 5.92 Å². The fraction of sp³-hybridized carbons (Fsp3) is 0.550. The van der Waals surface area contributed by atoms with Gasteiger partial charge < -0.3 is 27.2 Å². The summed E-state index contributed by atoms with van der Waals surface area (Å²) in [5.74, 6) is -2.38. The minimum atomic E-state index is -1.11. The molecule has 0 aliphatic carbocycles. The first kappa shape index (κ1) is 23.6. The van der Waals surface area contributed by atoms with E-state index in [4.69, 9.17) is 11.5 Å². The van der Waals surface area contributed by atoms with Gasteiger partial charge in [0.1, 0.15) is 12.1 Å². The second kappa shape index (κ2) is 12.1. The van der Waals surface area contributed by atoms with Gasteiger partial charge in [-0.2, -0.15) is 0 Å². The molecule has 8 nitrogen and oxygen atoms in total. The number of benzene rings is 1. The fourth-order valence-corrected chi connectivity index (χ4v) is 2.77. The number of carboxylic acids is 1. The van der Waals surface area contributed by atoms with Gasteiger partial charge in [0.05, 0.1) is 6.04 Å². The van der Waals surface area contributed by atoms with E-state index in [0.717, 1.165) is 5.56 Å². The first-order valence-electron chi connectivity index (χ1n) is 9.59. The van der Waals surface area contributed by atoms with Crippen LogP contribution in [-0.2, 0) is 20.8 Å². The maximum Gasteiger partial charge on any atom is 0.326 e. The van der Waals surface area contributed by atoms with Crippen molar-refractivity contribution in [2.75, 3.05) is 6.54 Å². The molecule has 0 heterocycles. The van der Waals surface area contributed by atoms with Crippen molar-refractivity contribution in [1.82, 2.24) is 10.6 Å². The summed E-state index contributed by atoms with van der Waals surface area (Å²) in [7, 11) is 0. The zero-order valence-corrected chi connectivity index (χ0v) is 16.6. The van der Waals surface area contributed by atoms with E-state index >= 15 is 0 Å². The average Bonchev–Trinajstić information content (AvgIpc) is 2.65. The highest BCUT2D eigenvalue weighted by molar-refractivity contribution is 5.91. The number of amides is 2. The van der Waals surface area contributed by atoms with Crippen molar-refractivity contribution in [2.24, 2.45) is 17.4 Å². The van der Waals surface area contributed by atoms with Gasteiger partial charge in [-0.3, -0.25) is 9.59 Å². The zero-order chi connectivity index (χ0) is 21.1. The number of nitrogens with two attached hydrogens (primary N) is 2. The molecule has 0 bridgehead atoms. The predicted molar refractivity (Wildman–Crippen MR) is 107 cm³/mol. The first-order chi connectivity index (χ1) is 13.3. The lowest BCUT2D eigenvalue weighted by Crippen LogP contribution is -2.55. The lowest BCUT2D eigenvalue weighted by atomic mass is 10.0. The zero-order valence-electron chi connectivity index (χ0n) is 16.6. The van der Waals surface area contributed by atoms with Gasteiger partial charge in [0, 0.05) is 0 Å². The molecule has 1 aromatic rings. The number of carbonyl (C=O) groups is 3. The fourth-order valence-electron chi connectivity index (χ4n) is 2.77. The molecule has 156 valence electrons. The third-order valence-electron chi connectivity index (χ3n) is 4.45. The molecule has 0 fully saturated rings. The molecule has 0 aliphatic rings. The van der Waals surface area contributed by atoms with E-state index in [9.17, 15) is 19.5 Å². The Hall–Kier alpha value is -2.45. The smallest absolute Gasteiger partial charge is 0.326 e. The summed E-state index contributed by atoms with van der Waals surface area (Å²) >= 11 is 0. The molecule has 3 unspecified atom stereocenters. The second-order valence-electron chi connectivity index (χ2n) is 7.21. The van der Waals surface area contributed by atoms with Gasteiger partial charge in [0.25, 0.3) is 0 Å². The van der Waals surface area contributed by atoms with Crippen LogP contribution in [0.5, 0.6) is 0 Å². The average molecular weight is 393 g/mol. The van der Waals surface area contributed by atoms with Crippen LogP contribution in [0.3, 0.4) is 0 Å². The highest BCUT2D eigenvalue weighted by Crippen LogP contribution is 2.07. The number of unbranched alkanes of at least 4 members (excludes halogenated alkanes) is 1. The van der Waals surface area contributed by atoms with Crippen molar-refractivity contribution in [3.05, 3.63) is 35.9 Å². The molecule has 0 radical (unpaired) electrons. The summed E-state index contributed by atoms with van der Waals surface area (Å²) in [5, 5.41) is 14.5. The van der Waals surface area contributed by atoms with Gasteiger partial charge in [-0.25, -0.2) is 4.79 Å². The summed E-state index contributed by atoms with van der Waals surface area (Å²) in [4.78, 5) is 36.5. The quantitative estimate of drug-likeness (QED) is 0.325. The monoisotopic (exact) mass is 392 g/mol. The van der Waals surface area contributed by atoms with Gasteiger partial charge in [0.15, 0.2) is 0 Å². The van der Waals surface area contributed by atoms with Crippen LogP contribution in [0.25, 0.3) is 0 Å². The Morgan fingerprint density at radius 1 is 1.04 bits per heavy atom. The maximum absolute atomic E-state index is 12.6. The number of hydrogen-bond acceptors (Lipinski definition) is 5. The second-order valence-corrected chi connectivity index (χ2v) is 7.21. The summed E-state index contributed by atoms with van der Waals surface area (Å²) in [6.07, 6.45) is 2.02. The molecule has 1 aromatic carbocycles. The Kier molecular flexibility index (Phi) is 10.2. The topological polar surface area (TPSA) is 148 Å². The highest BCUT2D eigenvalue weighted by atomic mass is 16.4. The molecule has 0 saturated heterocycles. The molecule has 0 aliphatic heterocycles. The van der Waals surface area contributed by atoms with E-state index in [0.29, 0.717) is 32.2 Å². The minimum absolute atomic E-state index is 0.290. The lowest BCUT2D eigenvalue weighted by Gasteiger charge is -2.24. The predicted octanol–water partition coefficient (Wildman–Crippen LogP) is 0.396. The van der Waals surface area contributed by atoms with Crippen molar-refractivity contribution in [3.8, 4) is 0 Å². The molecule has 0 saturated carbocycles. The Labute approximate surface area is 166 Å². The van der Waals surface area contributed by atoms with Gasteiger partial charge in [-0.15, -0.1) is 0 Å². The van der Waals surface area contributed by atoms with Crippen molar-refractivity contribution in [2.45, 2.75) is 57.7 Å². The van der Waals surface area contributed by atoms with Gasteiger partial charge >= 0.3 is 5.97 Å². The van der Waals surface area contributed by atoms with Crippen LogP contribution in [0.15, 0.2) is 30.3 Å². The molecule has 28 heavy (non-hydrogen) atoms. The third kappa shape index (κ3) is 8.06. The summed E-state index contributed by atoms with van der Waals surface area (Å²) in [6, 6.07) is 6.65. The minimum Gasteiger partial charge on any atom is -0.480 e. The maximum atomic E-state index is 12.6. The number of carbonyl (C=O) groups excluding carboxylic acids is 2. The Bertz CT molecular complexity index is 636. The number of nitrogens with one attached hydrogen (secondary N) is 2. The summed E-state index contributed by atoms with van der Waals surface area (Å²) < 4.78 is 0. The molecular weight excluding hydrogens is 360 g/mol. The SMILES string of the molecule is CC(C)C(NC(=O)C(CCCCN)NC(=O)C(N)Cc1ccccc1)C(=O)O. The van der Waals surface area contributed by atoms with E-state index in [2.05, 4.69) is 10.6 Å². The van der Waals surface area contributed by atoms with E-state index < -0.39 is 35.9 Å². The first-order valence-corrected chi connectivity index (χ1v) is 9.59. The molecular formula is C20H32N4O4.